The van der Waals surface area contributed by atoms with Gasteiger partial charge in [0.25, 0.3) is 0 Å². The molecule has 1 fully saturated rings. The molecule has 2 N–H and O–H groups in total. The third-order valence-corrected chi connectivity index (χ3v) is 2.50. The van der Waals surface area contributed by atoms with Gasteiger partial charge in [0.2, 0.25) is 5.91 Å². The summed E-state index contributed by atoms with van der Waals surface area (Å²) in [6, 6.07) is 0.798. The first kappa shape index (κ1) is 11.5. The molecule has 82 valence electrons. The van der Waals surface area contributed by atoms with Gasteiger partial charge in [0, 0.05) is 25.2 Å². The number of likely N-dealkylation sites (tertiary alicyclic amines) is 1. The van der Waals surface area contributed by atoms with Gasteiger partial charge >= 0.3 is 0 Å². The molecular formula is C10H21N3O. The van der Waals surface area contributed by atoms with Crippen molar-refractivity contribution in [1.82, 2.24) is 15.5 Å². The van der Waals surface area contributed by atoms with E-state index in [1.807, 2.05) is 20.9 Å². The Morgan fingerprint density at radius 1 is 1.57 bits per heavy atom. The van der Waals surface area contributed by atoms with Crippen molar-refractivity contribution in [2.45, 2.75) is 32.4 Å². The Kier molecular flexibility index (Phi) is 4.35. The highest BCUT2D eigenvalue weighted by molar-refractivity contribution is 5.78. The van der Waals surface area contributed by atoms with E-state index in [-0.39, 0.29) is 11.9 Å². The third kappa shape index (κ3) is 3.64. The first-order valence-electron chi connectivity index (χ1n) is 5.30. The second-order valence-electron chi connectivity index (χ2n) is 4.23. The number of amides is 1. The third-order valence-electron chi connectivity index (χ3n) is 2.50. The van der Waals surface area contributed by atoms with Crippen molar-refractivity contribution < 1.29 is 4.79 Å². The lowest BCUT2D eigenvalue weighted by atomic mass is 10.3. The van der Waals surface area contributed by atoms with E-state index >= 15 is 0 Å². The number of nitrogens with one attached hydrogen (secondary N) is 2. The van der Waals surface area contributed by atoms with Crippen LogP contribution in [-0.4, -0.2) is 49.6 Å². The van der Waals surface area contributed by atoms with Crippen LogP contribution < -0.4 is 10.6 Å². The average molecular weight is 199 g/mol. The van der Waals surface area contributed by atoms with Gasteiger partial charge in [-0.25, -0.2) is 0 Å². The maximum Gasteiger partial charge on any atom is 0.234 e. The molecule has 1 aliphatic rings. The van der Waals surface area contributed by atoms with Crippen molar-refractivity contribution in [2.75, 3.05) is 26.7 Å². The molecule has 0 aromatic rings. The minimum absolute atomic E-state index is 0.136. The maximum atomic E-state index is 11.4. The summed E-state index contributed by atoms with van der Waals surface area (Å²) in [5.41, 5.74) is 0. The van der Waals surface area contributed by atoms with E-state index in [1.54, 1.807) is 0 Å². The van der Waals surface area contributed by atoms with Gasteiger partial charge in [0.15, 0.2) is 0 Å². The van der Waals surface area contributed by atoms with Crippen molar-refractivity contribution in [3.8, 4) is 0 Å². The maximum absolute atomic E-state index is 11.4. The van der Waals surface area contributed by atoms with Crippen LogP contribution in [0.25, 0.3) is 0 Å². The lowest BCUT2D eigenvalue weighted by molar-refractivity contribution is -0.122. The molecule has 1 aliphatic heterocycles. The van der Waals surface area contributed by atoms with Crippen molar-refractivity contribution >= 4 is 5.91 Å². The van der Waals surface area contributed by atoms with Crippen LogP contribution in [0.5, 0.6) is 0 Å². The predicted octanol–water partition coefficient (Wildman–Crippen LogP) is -0.195. The van der Waals surface area contributed by atoms with Crippen molar-refractivity contribution in [1.29, 1.82) is 0 Å². The Morgan fingerprint density at radius 3 is 2.79 bits per heavy atom. The summed E-state index contributed by atoms with van der Waals surface area (Å²) in [6.45, 7) is 6.52. The fourth-order valence-corrected chi connectivity index (χ4v) is 1.78. The minimum Gasteiger partial charge on any atom is -0.353 e. The molecular weight excluding hydrogens is 178 g/mol. The summed E-state index contributed by atoms with van der Waals surface area (Å²) in [5.74, 6) is 0.136. The van der Waals surface area contributed by atoms with E-state index in [0.29, 0.717) is 12.6 Å². The lowest BCUT2D eigenvalue weighted by Crippen LogP contribution is -2.40. The minimum atomic E-state index is 0.136. The number of hydrogen-bond donors (Lipinski definition) is 2. The number of carbonyl (C=O) groups is 1. The SMILES string of the molecule is CNC1CCN(CC(=O)NC(C)C)C1. The number of nitrogens with zero attached hydrogens (tertiary/aromatic N) is 1. The van der Waals surface area contributed by atoms with Gasteiger partial charge in [-0.2, -0.15) is 0 Å². The molecule has 1 atom stereocenters. The molecule has 1 amide bonds. The molecule has 1 unspecified atom stereocenters. The van der Waals surface area contributed by atoms with Crippen LogP contribution in [0.3, 0.4) is 0 Å². The van der Waals surface area contributed by atoms with E-state index in [2.05, 4.69) is 15.5 Å². The summed E-state index contributed by atoms with van der Waals surface area (Å²) >= 11 is 0. The van der Waals surface area contributed by atoms with E-state index in [9.17, 15) is 4.79 Å². The molecule has 0 aromatic heterocycles. The van der Waals surface area contributed by atoms with Gasteiger partial charge in [-0.05, 0) is 27.3 Å². The number of rotatable bonds is 4. The molecule has 0 aromatic carbocycles. The molecule has 14 heavy (non-hydrogen) atoms. The Balaban J connectivity index is 2.22. The lowest BCUT2D eigenvalue weighted by Gasteiger charge is -2.16. The normalized spacial score (nSPS) is 23.0. The van der Waals surface area contributed by atoms with Crippen LogP contribution in [0, 0.1) is 0 Å². The first-order chi connectivity index (χ1) is 6.61. The summed E-state index contributed by atoms with van der Waals surface area (Å²) in [7, 11) is 1.97. The highest BCUT2D eigenvalue weighted by Gasteiger charge is 2.22. The van der Waals surface area contributed by atoms with E-state index in [4.69, 9.17) is 0 Å². The van der Waals surface area contributed by atoms with Gasteiger partial charge in [-0.1, -0.05) is 0 Å². The van der Waals surface area contributed by atoms with E-state index < -0.39 is 0 Å². The van der Waals surface area contributed by atoms with Crippen LogP contribution in [0.1, 0.15) is 20.3 Å². The molecule has 1 rings (SSSR count). The van der Waals surface area contributed by atoms with Crippen LogP contribution in [0.2, 0.25) is 0 Å². The molecule has 0 spiro atoms. The van der Waals surface area contributed by atoms with E-state index in [0.717, 1.165) is 19.5 Å². The highest BCUT2D eigenvalue weighted by atomic mass is 16.2. The molecule has 1 saturated heterocycles. The number of likely N-dealkylation sites (N-methyl/N-ethyl adjacent to an activating group) is 1. The average Bonchev–Trinajstić information content (AvgIpc) is 2.50. The molecule has 0 aliphatic carbocycles. The standard InChI is InChI=1S/C10H21N3O/c1-8(2)12-10(14)7-13-5-4-9(6-13)11-3/h8-9,11H,4-7H2,1-3H3,(H,12,14). The van der Waals surface area contributed by atoms with Crippen molar-refractivity contribution in [3.05, 3.63) is 0 Å². The zero-order chi connectivity index (χ0) is 10.6. The number of carbonyl (C=O) groups excluding carboxylic acids is 1. The number of hydrogen-bond acceptors (Lipinski definition) is 3. The smallest absolute Gasteiger partial charge is 0.234 e. The molecule has 0 saturated carbocycles. The fraction of sp³-hybridized carbons (Fsp3) is 0.900. The van der Waals surface area contributed by atoms with Crippen molar-refractivity contribution in [2.24, 2.45) is 0 Å². The second kappa shape index (κ2) is 5.32. The van der Waals surface area contributed by atoms with Crippen LogP contribution in [-0.2, 0) is 4.79 Å². The molecule has 4 heteroatoms. The monoisotopic (exact) mass is 199 g/mol. The summed E-state index contributed by atoms with van der Waals surface area (Å²) in [4.78, 5) is 13.6. The molecule has 4 nitrogen and oxygen atoms in total. The molecule has 0 radical (unpaired) electrons. The summed E-state index contributed by atoms with van der Waals surface area (Å²) < 4.78 is 0. The van der Waals surface area contributed by atoms with Crippen LogP contribution in [0.15, 0.2) is 0 Å². The zero-order valence-corrected chi connectivity index (χ0v) is 9.34. The topological polar surface area (TPSA) is 44.4 Å². The van der Waals surface area contributed by atoms with Crippen LogP contribution in [0.4, 0.5) is 0 Å². The van der Waals surface area contributed by atoms with Gasteiger partial charge in [0.05, 0.1) is 6.54 Å². The van der Waals surface area contributed by atoms with Crippen LogP contribution >= 0.6 is 0 Å². The Bertz CT molecular complexity index is 194. The Labute approximate surface area is 86.0 Å². The fourth-order valence-electron chi connectivity index (χ4n) is 1.78. The van der Waals surface area contributed by atoms with E-state index in [1.165, 1.54) is 0 Å². The highest BCUT2D eigenvalue weighted by Crippen LogP contribution is 2.07. The Hall–Kier alpha value is -0.610. The van der Waals surface area contributed by atoms with Gasteiger partial charge < -0.3 is 10.6 Å². The predicted molar refractivity (Wildman–Crippen MR) is 57.2 cm³/mol. The largest absolute Gasteiger partial charge is 0.353 e. The zero-order valence-electron chi connectivity index (χ0n) is 9.34. The van der Waals surface area contributed by atoms with Gasteiger partial charge in [-0.15, -0.1) is 0 Å². The second-order valence-corrected chi connectivity index (χ2v) is 4.23. The van der Waals surface area contributed by atoms with Gasteiger partial charge in [-0.3, -0.25) is 9.69 Å². The van der Waals surface area contributed by atoms with Crippen molar-refractivity contribution in [3.63, 3.8) is 0 Å². The summed E-state index contributed by atoms with van der Waals surface area (Å²) in [5, 5.41) is 6.14. The Morgan fingerprint density at radius 2 is 2.29 bits per heavy atom. The quantitative estimate of drug-likeness (QED) is 0.659. The summed E-state index contributed by atoms with van der Waals surface area (Å²) in [6.07, 6.45) is 1.14. The molecule has 1 heterocycles. The molecule has 0 bridgehead atoms. The van der Waals surface area contributed by atoms with Gasteiger partial charge in [0.1, 0.15) is 0 Å². The first-order valence-corrected chi connectivity index (χ1v) is 5.30.